The van der Waals surface area contributed by atoms with Crippen LogP contribution in [0, 0.1) is 0 Å². The monoisotopic (exact) mass is 433 g/mol. The first-order valence-electron chi connectivity index (χ1n) is 9.65. The van der Waals surface area contributed by atoms with Gasteiger partial charge < -0.3 is 23.5 Å². The second-order valence-electron chi connectivity index (χ2n) is 6.10. The van der Waals surface area contributed by atoms with E-state index in [1.54, 1.807) is 20.8 Å². The number of esters is 3. The van der Waals surface area contributed by atoms with Crippen molar-refractivity contribution in [3.8, 4) is 5.75 Å². The average molecular weight is 433 g/mol. The van der Waals surface area contributed by atoms with Crippen LogP contribution in [0.15, 0.2) is 33.9 Å². The van der Waals surface area contributed by atoms with Crippen LogP contribution in [0.4, 0.5) is 0 Å². The van der Waals surface area contributed by atoms with Crippen LogP contribution in [0.5, 0.6) is 5.75 Å². The molecule has 31 heavy (non-hydrogen) atoms. The van der Waals surface area contributed by atoms with Gasteiger partial charge in [0.25, 0.3) is 0 Å². The number of carbonyl (C=O) groups is 3. The molecule has 0 radical (unpaired) electrons. The highest BCUT2D eigenvalue weighted by Gasteiger charge is 2.19. The van der Waals surface area contributed by atoms with Crippen LogP contribution in [-0.4, -0.2) is 48.9 Å². The summed E-state index contributed by atoms with van der Waals surface area (Å²) in [6, 6.07) is 4.58. The molecule has 10 nitrogen and oxygen atoms in total. The van der Waals surface area contributed by atoms with Crippen molar-refractivity contribution in [3.63, 3.8) is 0 Å². The Kier molecular flexibility index (Phi) is 8.30. The zero-order valence-corrected chi connectivity index (χ0v) is 17.5. The first kappa shape index (κ1) is 23.6. The highest BCUT2D eigenvalue weighted by molar-refractivity contribution is 5.92. The molecule has 2 rings (SSSR count). The van der Waals surface area contributed by atoms with Gasteiger partial charge in [-0.2, -0.15) is 0 Å². The van der Waals surface area contributed by atoms with E-state index in [2.05, 4.69) is 0 Å². The summed E-state index contributed by atoms with van der Waals surface area (Å²) in [5.74, 6) is -2.39. The minimum Gasteiger partial charge on any atom is -0.478 e. The van der Waals surface area contributed by atoms with Crippen molar-refractivity contribution in [2.45, 2.75) is 27.3 Å². The SMILES string of the molecule is CCOC(=O)COc1cc2c(=O)cc(C(=O)OCC)n(CC(=O)OCC)c2ccc1=O. The number of hydrogen-bond donors (Lipinski definition) is 0. The van der Waals surface area contributed by atoms with Crippen molar-refractivity contribution in [2.75, 3.05) is 26.4 Å². The summed E-state index contributed by atoms with van der Waals surface area (Å²) in [7, 11) is 0. The van der Waals surface area contributed by atoms with Crippen LogP contribution in [0.25, 0.3) is 10.9 Å². The molecule has 166 valence electrons. The van der Waals surface area contributed by atoms with E-state index < -0.39 is 41.9 Å². The van der Waals surface area contributed by atoms with Crippen molar-refractivity contribution in [1.82, 2.24) is 4.57 Å². The lowest BCUT2D eigenvalue weighted by molar-refractivity contribution is -0.145. The third-order valence-electron chi connectivity index (χ3n) is 4.03. The molecule has 0 aliphatic carbocycles. The summed E-state index contributed by atoms with van der Waals surface area (Å²) in [6.07, 6.45) is 0. The molecular weight excluding hydrogens is 410 g/mol. The molecule has 1 heterocycles. The fraction of sp³-hybridized carbons (Fsp3) is 0.381. The molecule has 0 atom stereocenters. The van der Waals surface area contributed by atoms with Gasteiger partial charge in [0.05, 0.1) is 25.3 Å². The number of aromatic nitrogens is 1. The van der Waals surface area contributed by atoms with E-state index in [4.69, 9.17) is 18.9 Å². The van der Waals surface area contributed by atoms with E-state index in [1.807, 2.05) is 0 Å². The molecule has 10 heteroatoms. The zero-order chi connectivity index (χ0) is 23.0. The van der Waals surface area contributed by atoms with Gasteiger partial charge in [0.15, 0.2) is 17.8 Å². The minimum atomic E-state index is -0.807. The van der Waals surface area contributed by atoms with E-state index in [0.29, 0.717) is 0 Å². The summed E-state index contributed by atoms with van der Waals surface area (Å²) >= 11 is 0. The number of hydrogen-bond acceptors (Lipinski definition) is 9. The van der Waals surface area contributed by atoms with E-state index in [9.17, 15) is 24.0 Å². The first-order chi connectivity index (χ1) is 14.8. The molecule has 1 aromatic carbocycles. The largest absolute Gasteiger partial charge is 0.478 e. The molecule has 0 saturated heterocycles. The Morgan fingerprint density at radius 2 is 1.48 bits per heavy atom. The van der Waals surface area contributed by atoms with Crippen molar-refractivity contribution < 1.29 is 33.3 Å². The maximum atomic E-state index is 12.7. The van der Waals surface area contributed by atoms with Crippen molar-refractivity contribution in [1.29, 1.82) is 0 Å². The fourth-order valence-corrected chi connectivity index (χ4v) is 2.78. The Labute approximate surface area is 177 Å². The van der Waals surface area contributed by atoms with Crippen molar-refractivity contribution in [2.24, 2.45) is 0 Å². The summed E-state index contributed by atoms with van der Waals surface area (Å²) < 4.78 is 21.2. The van der Waals surface area contributed by atoms with Gasteiger partial charge in [0, 0.05) is 11.5 Å². The number of carbonyl (C=O) groups excluding carboxylic acids is 3. The lowest BCUT2D eigenvalue weighted by atomic mass is 10.2. The number of ether oxygens (including phenoxy) is 4. The Bertz CT molecular complexity index is 1100. The quantitative estimate of drug-likeness (QED) is 0.421. The Morgan fingerprint density at radius 3 is 2.13 bits per heavy atom. The highest BCUT2D eigenvalue weighted by atomic mass is 16.6. The van der Waals surface area contributed by atoms with Crippen molar-refractivity contribution in [3.05, 3.63) is 50.4 Å². The second-order valence-corrected chi connectivity index (χ2v) is 6.10. The normalized spacial score (nSPS) is 10.4. The molecule has 0 aliphatic heterocycles. The number of nitrogens with zero attached hydrogens (tertiary/aromatic N) is 1. The predicted octanol–water partition coefficient (Wildman–Crippen LogP) is 1.04. The van der Waals surface area contributed by atoms with E-state index in [0.717, 1.165) is 18.2 Å². The number of rotatable bonds is 9. The smallest absolute Gasteiger partial charge is 0.355 e. The third kappa shape index (κ3) is 5.91. The second kappa shape index (κ2) is 10.9. The number of fused-ring (bicyclic) bond motifs is 1. The lowest BCUT2D eigenvalue weighted by Gasteiger charge is -2.14. The maximum Gasteiger partial charge on any atom is 0.355 e. The molecule has 0 spiro atoms. The molecular formula is C21H23NO9. The van der Waals surface area contributed by atoms with Crippen LogP contribution < -0.4 is 15.6 Å². The molecule has 0 aliphatic rings. The first-order valence-corrected chi connectivity index (χ1v) is 9.65. The van der Waals surface area contributed by atoms with Gasteiger partial charge in [-0.1, -0.05) is 0 Å². The molecule has 0 amide bonds. The maximum absolute atomic E-state index is 12.7. The third-order valence-corrected chi connectivity index (χ3v) is 4.03. The van der Waals surface area contributed by atoms with Crippen LogP contribution in [0.2, 0.25) is 0 Å². The van der Waals surface area contributed by atoms with E-state index in [-0.39, 0.29) is 42.2 Å². The number of pyridine rings is 1. The van der Waals surface area contributed by atoms with Gasteiger partial charge in [-0.05, 0) is 39.0 Å². The zero-order valence-electron chi connectivity index (χ0n) is 17.5. The predicted molar refractivity (Wildman–Crippen MR) is 109 cm³/mol. The molecule has 2 aromatic rings. The molecule has 1 aromatic heterocycles. The van der Waals surface area contributed by atoms with Gasteiger partial charge in [-0.15, -0.1) is 0 Å². The van der Waals surface area contributed by atoms with Gasteiger partial charge >= 0.3 is 17.9 Å². The van der Waals surface area contributed by atoms with Crippen LogP contribution in [0.1, 0.15) is 31.3 Å². The Morgan fingerprint density at radius 1 is 0.839 bits per heavy atom. The van der Waals surface area contributed by atoms with Crippen LogP contribution in [-0.2, 0) is 30.3 Å². The summed E-state index contributed by atoms with van der Waals surface area (Å²) in [5.41, 5.74) is -1.26. The molecule has 0 N–H and O–H groups in total. The van der Waals surface area contributed by atoms with Gasteiger partial charge in [-0.25, -0.2) is 9.59 Å². The average Bonchev–Trinajstić information content (AvgIpc) is 2.88. The summed E-state index contributed by atoms with van der Waals surface area (Å²) in [5, 5.41) is -0.00157. The summed E-state index contributed by atoms with van der Waals surface area (Å²) in [4.78, 5) is 61.2. The Hall–Kier alpha value is -3.69. The van der Waals surface area contributed by atoms with Crippen LogP contribution in [0.3, 0.4) is 0 Å². The Balaban J connectivity index is 2.68. The van der Waals surface area contributed by atoms with Crippen molar-refractivity contribution >= 4 is 28.8 Å². The lowest BCUT2D eigenvalue weighted by Crippen LogP contribution is -2.23. The molecule has 0 saturated carbocycles. The molecule has 0 bridgehead atoms. The van der Waals surface area contributed by atoms with Gasteiger partial charge in [0.1, 0.15) is 12.2 Å². The topological polar surface area (TPSA) is 127 Å². The van der Waals surface area contributed by atoms with E-state index in [1.165, 1.54) is 10.6 Å². The molecule has 0 unspecified atom stereocenters. The minimum absolute atomic E-state index is 0.00157. The van der Waals surface area contributed by atoms with E-state index >= 15 is 0 Å². The van der Waals surface area contributed by atoms with Gasteiger partial charge in [-0.3, -0.25) is 14.4 Å². The summed E-state index contributed by atoms with van der Waals surface area (Å²) in [6.45, 7) is 4.27. The fourth-order valence-electron chi connectivity index (χ4n) is 2.78. The standard InChI is InChI=1S/C21H23NO9/c1-4-28-19(25)11-22-14-7-8-16(23)18(31-12-20(26)29-5-2)9-13(14)17(24)10-15(22)21(27)30-6-3/h7-10H,4-6,11-12H2,1-3H3. The van der Waals surface area contributed by atoms with Gasteiger partial charge in [0.2, 0.25) is 5.43 Å². The molecule has 0 fully saturated rings. The van der Waals surface area contributed by atoms with Crippen LogP contribution >= 0.6 is 0 Å². The highest BCUT2D eigenvalue weighted by Crippen LogP contribution is 2.16.